The zero-order chi connectivity index (χ0) is 16.8. The third kappa shape index (κ3) is 4.23. The molecule has 2 fully saturated rings. The van der Waals surface area contributed by atoms with Crippen molar-refractivity contribution in [2.75, 3.05) is 49.7 Å². The van der Waals surface area contributed by atoms with E-state index in [2.05, 4.69) is 46.4 Å². The molecule has 1 unspecified atom stereocenters. The van der Waals surface area contributed by atoms with Crippen LogP contribution in [0.3, 0.4) is 0 Å². The van der Waals surface area contributed by atoms with Gasteiger partial charge in [0.15, 0.2) is 5.96 Å². The lowest BCUT2D eigenvalue weighted by molar-refractivity contribution is -0.0104. The average Bonchev–Trinajstić information content (AvgIpc) is 3.12. The lowest BCUT2D eigenvalue weighted by Crippen LogP contribution is -2.56. The van der Waals surface area contributed by atoms with Gasteiger partial charge in [0.25, 0.3) is 0 Å². The minimum Gasteiger partial charge on any atom is -0.379 e. The molecule has 0 aliphatic carbocycles. The first-order chi connectivity index (χ1) is 11.7. The second kappa shape index (κ2) is 8.23. The van der Waals surface area contributed by atoms with E-state index < -0.39 is 0 Å². The number of thioether (sulfide) groups is 1. The van der Waals surface area contributed by atoms with Crippen LogP contribution in [-0.4, -0.2) is 60.8 Å². The van der Waals surface area contributed by atoms with Crippen molar-refractivity contribution in [1.82, 2.24) is 4.90 Å². The lowest BCUT2D eigenvalue weighted by atomic mass is 9.96. The molecule has 2 heterocycles. The van der Waals surface area contributed by atoms with Crippen LogP contribution in [0.1, 0.15) is 18.9 Å². The molecule has 1 aromatic carbocycles. The molecular weight excluding hydrogens is 320 g/mol. The highest BCUT2D eigenvalue weighted by molar-refractivity contribution is 7.99. The van der Waals surface area contributed by atoms with Crippen LogP contribution in [0.25, 0.3) is 0 Å². The highest BCUT2D eigenvalue weighted by Crippen LogP contribution is 2.34. The van der Waals surface area contributed by atoms with Crippen LogP contribution in [0, 0.1) is 0 Å². The van der Waals surface area contributed by atoms with Crippen molar-refractivity contribution < 1.29 is 4.74 Å². The summed E-state index contributed by atoms with van der Waals surface area (Å²) in [5, 5.41) is 3.22. The molecule has 6 heteroatoms. The second-order valence-electron chi connectivity index (χ2n) is 6.50. The Balaban J connectivity index is 1.62. The van der Waals surface area contributed by atoms with Gasteiger partial charge in [0.2, 0.25) is 0 Å². The summed E-state index contributed by atoms with van der Waals surface area (Å²) in [5.41, 5.74) is 8.60. The SMILES string of the molecule is CCc1ccc(NC(N)=NCC2(N3CCOCC3)CCSC2)cc1. The molecule has 3 N–H and O–H groups in total. The van der Waals surface area contributed by atoms with Gasteiger partial charge < -0.3 is 15.8 Å². The first-order valence-electron chi connectivity index (χ1n) is 8.78. The minimum atomic E-state index is 0.146. The third-order valence-corrected chi connectivity index (χ3v) is 6.18. The van der Waals surface area contributed by atoms with E-state index in [1.54, 1.807) is 0 Å². The van der Waals surface area contributed by atoms with E-state index in [4.69, 9.17) is 10.5 Å². The number of nitrogens with two attached hydrogens (primary N) is 1. The smallest absolute Gasteiger partial charge is 0.193 e. The van der Waals surface area contributed by atoms with Crippen LogP contribution in [0.5, 0.6) is 0 Å². The monoisotopic (exact) mass is 348 g/mol. The van der Waals surface area contributed by atoms with Crippen LogP contribution in [0.15, 0.2) is 29.3 Å². The number of hydrogen-bond donors (Lipinski definition) is 2. The molecule has 2 aliphatic rings. The number of aryl methyl sites for hydroxylation is 1. The molecule has 2 aliphatic heterocycles. The van der Waals surface area contributed by atoms with Crippen molar-refractivity contribution in [1.29, 1.82) is 0 Å². The lowest BCUT2D eigenvalue weighted by Gasteiger charge is -2.42. The highest BCUT2D eigenvalue weighted by Gasteiger charge is 2.40. The molecule has 3 rings (SSSR count). The fraction of sp³-hybridized carbons (Fsp3) is 0.611. The van der Waals surface area contributed by atoms with Gasteiger partial charge in [0.05, 0.1) is 25.3 Å². The zero-order valence-corrected chi connectivity index (χ0v) is 15.3. The highest BCUT2D eigenvalue weighted by atomic mass is 32.2. The van der Waals surface area contributed by atoms with Gasteiger partial charge in [-0.3, -0.25) is 9.89 Å². The largest absolute Gasteiger partial charge is 0.379 e. The number of rotatable bonds is 5. The van der Waals surface area contributed by atoms with E-state index in [9.17, 15) is 0 Å². The maximum atomic E-state index is 6.13. The molecular formula is C18H28N4OS. The maximum absolute atomic E-state index is 6.13. The van der Waals surface area contributed by atoms with Crippen molar-refractivity contribution >= 4 is 23.4 Å². The van der Waals surface area contributed by atoms with E-state index in [1.165, 1.54) is 17.7 Å². The van der Waals surface area contributed by atoms with Gasteiger partial charge in [0, 0.05) is 24.5 Å². The topological polar surface area (TPSA) is 62.9 Å². The van der Waals surface area contributed by atoms with Gasteiger partial charge in [-0.2, -0.15) is 11.8 Å². The third-order valence-electron chi connectivity index (χ3n) is 4.94. The molecule has 2 saturated heterocycles. The number of hydrogen-bond acceptors (Lipinski definition) is 4. The molecule has 132 valence electrons. The molecule has 24 heavy (non-hydrogen) atoms. The van der Waals surface area contributed by atoms with Gasteiger partial charge in [-0.05, 0) is 36.3 Å². The summed E-state index contributed by atoms with van der Waals surface area (Å²) < 4.78 is 5.51. The van der Waals surface area contributed by atoms with Gasteiger partial charge in [-0.25, -0.2) is 0 Å². The fourth-order valence-electron chi connectivity index (χ4n) is 3.35. The standard InChI is InChI=1S/C18H28N4OS/c1-2-15-3-5-16(6-4-15)21-17(19)20-13-18(7-12-24-14-18)22-8-10-23-11-9-22/h3-6H,2,7-14H2,1H3,(H3,19,20,21). The van der Waals surface area contributed by atoms with Crippen molar-refractivity contribution in [2.45, 2.75) is 25.3 Å². The van der Waals surface area contributed by atoms with Gasteiger partial charge in [-0.15, -0.1) is 0 Å². The first kappa shape index (κ1) is 17.6. The van der Waals surface area contributed by atoms with E-state index in [-0.39, 0.29) is 5.54 Å². The Labute approximate surface area is 149 Å². The molecule has 0 saturated carbocycles. The molecule has 0 aromatic heterocycles. The Kier molecular flexibility index (Phi) is 6.03. The van der Waals surface area contributed by atoms with Crippen LogP contribution < -0.4 is 11.1 Å². The van der Waals surface area contributed by atoms with E-state index in [0.717, 1.165) is 50.7 Å². The predicted molar refractivity (Wildman–Crippen MR) is 103 cm³/mol. The van der Waals surface area contributed by atoms with Crippen LogP contribution in [0.4, 0.5) is 5.69 Å². The number of ether oxygens (including phenoxy) is 1. The van der Waals surface area contributed by atoms with Crippen molar-refractivity contribution in [3.63, 3.8) is 0 Å². The Hall–Kier alpha value is -1.24. The van der Waals surface area contributed by atoms with Gasteiger partial charge in [-0.1, -0.05) is 19.1 Å². The summed E-state index contributed by atoms with van der Waals surface area (Å²) in [4.78, 5) is 7.24. The Morgan fingerprint density at radius 2 is 2.08 bits per heavy atom. The molecule has 5 nitrogen and oxygen atoms in total. The van der Waals surface area contributed by atoms with E-state index >= 15 is 0 Å². The number of nitrogens with zero attached hydrogens (tertiary/aromatic N) is 2. The van der Waals surface area contributed by atoms with Crippen LogP contribution in [-0.2, 0) is 11.2 Å². The van der Waals surface area contributed by atoms with Gasteiger partial charge >= 0.3 is 0 Å². The molecule has 0 bridgehead atoms. The Morgan fingerprint density at radius 1 is 1.33 bits per heavy atom. The molecule has 0 amide bonds. The fourth-order valence-corrected chi connectivity index (χ4v) is 4.82. The number of aliphatic imine (C=N–C) groups is 1. The van der Waals surface area contributed by atoms with Crippen molar-refractivity contribution in [3.05, 3.63) is 29.8 Å². The van der Waals surface area contributed by atoms with Crippen LogP contribution in [0.2, 0.25) is 0 Å². The van der Waals surface area contributed by atoms with E-state index in [1.807, 2.05) is 11.8 Å². The quantitative estimate of drug-likeness (QED) is 0.631. The summed E-state index contributed by atoms with van der Waals surface area (Å²) in [7, 11) is 0. The average molecular weight is 349 g/mol. The van der Waals surface area contributed by atoms with Gasteiger partial charge in [0.1, 0.15) is 0 Å². The van der Waals surface area contributed by atoms with E-state index in [0.29, 0.717) is 5.96 Å². The summed E-state index contributed by atoms with van der Waals surface area (Å²) in [6, 6.07) is 8.37. The van der Waals surface area contributed by atoms with Crippen LogP contribution >= 0.6 is 11.8 Å². The summed E-state index contributed by atoms with van der Waals surface area (Å²) in [6.45, 7) is 6.57. The normalized spacial score (nSPS) is 25.8. The predicted octanol–water partition coefficient (Wildman–Crippen LogP) is 2.18. The van der Waals surface area contributed by atoms with Crippen molar-refractivity contribution in [3.8, 4) is 0 Å². The second-order valence-corrected chi connectivity index (χ2v) is 7.61. The summed E-state index contributed by atoms with van der Waals surface area (Å²) in [5.74, 6) is 2.84. The minimum absolute atomic E-state index is 0.146. The molecule has 0 spiro atoms. The number of guanidine groups is 1. The number of nitrogens with one attached hydrogen (secondary N) is 1. The summed E-state index contributed by atoms with van der Waals surface area (Å²) in [6.07, 6.45) is 2.23. The molecule has 1 aromatic rings. The summed E-state index contributed by atoms with van der Waals surface area (Å²) >= 11 is 2.02. The van der Waals surface area contributed by atoms with Crippen molar-refractivity contribution in [2.24, 2.45) is 10.7 Å². The zero-order valence-electron chi connectivity index (χ0n) is 14.5. The number of morpholine rings is 1. The number of benzene rings is 1. The molecule has 0 radical (unpaired) electrons. The Morgan fingerprint density at radius 3 is 2.71 bits per heavy atom. The number of anilines is 1. The first-order valence-corrected chi connectivity index (χ1v) is 9.94. The molecule has 1 atom stereocenters. The Bertz CT molecular complexity index is 549. The maximum Gasteiger partial charge on any atom is 0.193 e.